The second kappa shape index (κ2) is 8.87. The monoisotopic (exact) mass is 409 g/mol. The molecule has 3 rings (SSSR count). The van der Waals surface area contributed by atoms with Gasteiger partial charge in [-0.3, -0.25) is 9.59 Å². The van der Waals surface area contributed by atoms with Crippen LogP contribution in [0.5, 0.6) is 5.75 Å². The van der Waals surface area contributed by atoms with E-state index in [1.54, 1.807) is 12.1 Å². The number of carbonyl (C=O) groups excluding carboxylic acids is 2. The van der Waals surface area contributed by atoms with Crippen LogP contribution in [0, 0.1) is 13.8 Å². The Balaban J connectivity index is 2.06. The molecule has 2 aromatic carbocycles. The van der Waals surface area contributed by atoms with E-state index in [1.165, 1.54) is 16.7 Å². The molecule has 1 aliphatic heterocycles. The number of aryl methyl sites for hydroxylation is 2. The van der Waals surface area contributed by atoms with E-state index in [0.29, 0.717) is 28.5 Å². The number of hydrogen-bond donors (Lipinski definition) is 0. The van der Waals surface area contributed by atoms with Crippen LogP contribution in [0.3, 0.4) is 0 Å². The summed E-state index contributed by atoms with van der Waals surface area (Å²) in [6.07, 6.45) is 0.888. The molecule has 0 saturated heterocycles. The summed E-state index contributed by atoms with van der Waals surface area (Å²) < 4.78 is 5.69. The zero-order chi connectivity index (χ0) is 21.1. The number of nitrogens with zero attached hydrogens (tertiary/aromatic N) is 1. The molecule has 29 heavy (non-hydrogen) atoms. The van der Waals surface area contributed by atoms with Crippen LogP contribution < -0.4 is 9.64 Å². The van der Waals surface area contributed by atoms with Gasteiger partial charge >= 0.3 is 0 Å². The topological polar surface area (TPSA) is 46.6 Å². The largest absolute Gasteiger partial charge is 0.494 e. The van der Waals surface area contributed by atoms with Crippen LogP contribution in [-0.2, 0) is 9.59 Å². The van der Waals surface area contributed by atoms with E-state index in [0.717, 1.165) is 23.1 Å². The van der Waals surface area contributed by atoms with E-state index >= 15 is 0 Å². The third kappa shape index (κ3) is 4.40. The second-order valence-electron chi connectivity index (χ2n) is 7.48. The fraction of sp³-hybridized carbons (Fsp3) is 0.333. The minimum Gasteiger partial charge on any atom is -0.494 e. The molecule has 152 valence electrons. The lowest BCUT2D eigenvalue weighted by atomic mass is 9.99. The number of ether oxygens (including phenoxy) is 1. The van der Waals surface area contributed by atoms with Crippen LogP contribution in [0.4, 0.5) is 5.69 Å². The van der Waals surface area contributed by atoms with Gasteiger partial charge in [0.05, 0.1) is 22.8 Å². The Hall–Kier alpha value is -2.53. The number of amides is 2. The molecule has 2 aromatic rings. The predicted octanol–water partition coefficient (Wildman–Crippen LogP) is 5.52. The maximum Gasteiger partial charge on any atom is 0.272 e. The first-order valence-corrected chi connectivity index (χ1v) is 10.8. The van der Waals surface area contributed by atoms with Crippen molar-refractivity contribution >= 4 is 34.8 Å². The highest BCUT2D eigenvalue weighted by Gasteiger charge is 2.41. The van der Waals surface area contributed by atoms with Crippen LogP contribution in [0.25, 0.3) is 5.57 Å². The molecule has 0 atom stereocenters. The summed E-state index contributed by atoms with van der Waals surface area (Å²) in [6, 6.07) is 13.1. The van der Waals surface area contributed by atoms with Crippen LogP contribution in [0.2, 0.25) is 0 Å². The van der Waals surface area contributed by atoms with Gasteiger partial charge in [0, 0.05) is 11.3 Å². The average molecular weight is 410 g/mol. The second-order valence-corrected chi connectivity index (χ2v) is 9.07. The fourth-order valence-electron chi connectivity index (χ4n) is 3.35. The smallest absolute Gasteiger partial charge is 0.272 e. The first-order chi connectivity index (χ1) is 13.8. The summed E-state index contributed by atoms with van der Waals surface area (Å²) in [5.41, 5.74) is 3.96. The summed E-state index contributed by atoms with van der Waals surface area (Å²) in [5, 5.41) is 0.182. The zero-order valence-corrected chi connectivity index (χ0v) is 18.4. The molecule has 0 radical (unpaired) electrons. The molecule has 2 amide bonds. The standard InChI is InChI=1S/C24H27NO3S/c1-6-12-28-19-9-7-8-18(14-19)25-23(26)21(22(24(25)27)29-15(2)3)20-11-10-16(4)13-17(20)5/h7-11,13-15H,6,12H2,1-5H3. The van der Waals surface area contributed by atoms with Gasteiger partial charge < -0.3 is 4.74 Å². The summed E-state index contributed by atoms with van der Waals surface area (Å²) in [6.45, 7) is 10.7. The molecule has 0 spiro atoms. The Morgan fingerprint density at radius 3 is 2.45 bits per heavy atom. The molecule has 0 fully saturated rings. The van der Waals surface area contributed by atoms with E-state index in [4.69, 9.17) is 4.74 Å². The molecule has 0 aliphatic carbocycles. The number of carbonyl (C=O) groups is 2. The highest BCUT2D eigenvalue weighted by atomic mass is 32.2. The minimum absolute atomic E-state index is 0.182. The predicted molar refractivity (Wildman–Crippen MR) is 120 cm³/mol. The minimum atomic E-state index is -0.280. The molecule has 5 heteroatoms. The molecule has 4 nitrogen and oxygen atoms in total. The number of thioether (sulfide) groups is 1. The van der Waals surface area contributed by atoms with Gasteiger partial charge in [0.1, 0.15) is 5.75 Å². The van der Waals surface area contributed by atoms with Gasteiger partial charge in [-0.05, 0) is 43.5 Å². The van der Waals surface area contributed by atoms with Crippen molar-refractivity contribution < 1.29 is 14.3 Å². The van der Waals surface area contributed by atoms with Gasteiger partial charge in [-0.2, -0.15) is 0 Å². The van der Waals surface area contributed by atoms with E-state index < -0.39 is 0 Å². The molecule has 0 bridgehead atoms. The normalized spacial score (nSPS) is 14.3. The summed E-state index contributed by atoms with van der Waals surface area (Å²) >= 11 is 1.44. The Morgan fingerprint density at radius 2 is 1.79 bits per heavy atom. The fourth-order valence-corrected chi connectivity index (χ4v) is 4.33. The van der Waals surface area contributed by atoms with Crippen LogP contribution in [0.1, 0.15) is 43.9 Å². The van der Waals surface area contributed by atoms with E-state index in [1.807, 2.05) is 65.0 Å². The van der Waals surface area contributed by atoms with E-state index in [-0.39, 0.29) is 17.1 Å². The lowest BCUT2D eigenvalue weighted by Gasteiger charge is -2.17. The van der Waals surface area contributed by atoms with Crippen LogP contribution in [-0.4, -0.2) is 23.7 Å². The lowest BCUT2D eigenvalue weighted by molar-refractivity contribution is -0.119. The number of hydrogen-bond acceptors (Lipinski definition) is 4. The Labute approximate surface area is 176 Å². The van der Waals surface area contributed by atoms with Crippen molar-refractivity contribution in [3.05, 3.63) is 64.1 Å². The zero-order valence-electron chi connectivity index (χ0n) is 17.6. The number of imide groups is 1. The van der Waals surface area contributed by atoms with Crippen molar-refractivity contribution in [2.45, 2.75) is 46.3 Å². The van der Waals surface area contributed by atoms with Crippen molar-refractivity contribution in [2.75, 3.05) is 11.5 Å². The molecule has 0 aromatic heterocycles. The van der Waals surface area contributed by atoms with Gasteiger partial charge in [0.2, 0.25) is 0 Å². The van der Waals surface area contributed by atoms with E-state index in [2.05, 4.69) is 0 Å². The molecular formula is C24H27NO3S. The molecule has 0 saturated carbocycles. The third-order valence-electron chi connectivity index (χ3n) is 4.59. The highest BCUT2D eigenvalue weighted by Crippen LogP contribution is 2.41. The van der Waals surface area contributed by atoms with Gasteiger partial charge in [-0.15, -0.1) is 11.8 Å². The quantitative estimate of drug-likeness (QED) is 0.565. The molecule has 0 unspecified atom stereocenters. The SMILES string of the molecule is CCCOc1cccc(N2C(=O)C(SC(C)C)=C(c3ccc(C)cc3C)C2=O)c1. The summed E-state index contributed by atoms with van der Waals surface area (Å²) in [4.78, 5) is 28.6. The van der Waals surface area contributed by atoms with Crippen molar-refractivity contribution in [1.29, 1.82) is 0 Å². The van der Waals surface area contributed by atoms with Gasteiger partial charge in [0.25, 0.3) is 11.8 Å². The van der Waals surface area contributed by atoms with Crippen molar-refractivity contribution in [3.8, 4) is 5.75 Å². The average Bonchev–Trinajstić information content (AvgIpc) is 2.90. The first-order valence-electron chi connectivity index (χ1n) is 9.93. The molecule has 0 N–H and O–H groups in total. The third-order valence-corrected chi connectivity index (χ3v) is 5.68. The van der Waals surface area contributed by atoms with Crippen LogP contribution >= 0.6 is 11.8 Å². The molecule has 1 heterocycles. The van der Waals surface area contributed by atoms with Crippen molar-refractivity contribution in [1.82, 2.24) is 0 Å². The number of rotatable bonds is 7. The van der Waals surface area contributed by atoms with Crippen molar-refractivity contribution in [2.24, 2.45) is 0 Å². The Morgan fingerprint density at radius 1 is 1.03 bits per heavy atom. The Bertz CT molecular complexity index is 978. The van der Waals surface area contributed by atoms with E-state index in [9.17, 15) is 9.59 Å². The molecular weight excluding hydrogens is 382 g/mol. The summed E-state index contributed by atoms with van der Waals surface area (Å²) in [5.74, 6) is 0.108. The van der Waals surface area contributed by atoms with Gasteiger partial charge in [-0.1, -0.05) is 50.6 Å². The Kier molecular flexibility index (Phi) is 6.48. The number of anilines is 1. The maximum atomic E-state index is 13.5. The van der Waals surface area contributed by atoms with Gasteiger partial charge in [0.15, 0.2) is 0 Å². The van der Waals surface area contributed by atoms with Crippen LogP contribution in [0.15, 0.2) is 47.4 Å². The van der Waals surface area contributed by atoms with Gasteiger partial charge in [-0.25, -0.2) is 4.90 Å². The highest BCUT2D eigenvalue weighted by molar-refractivity contribution is 8.04. The lowest BCUT2D eigenvalue weighted by Crippen LogP contribution is -2.31. The number of benzene rings is 2. The maximum absolute atomic E-state index is 13.5. The summed E-state index contributed by atoms with van der Waals surface area (Å²) in [7, 11) is 0. The first kappa shape index (κ1) is 21.2. The molecule has 1 aliphatic rings. The van der Waals surface area contributed by atoms with Crippen molar-refractivity contribution in [3.63, 3.8) is 0 Å².